The van der Waals surface area contributed by atoms with Crippen molar-refractivity contribution in [2.45, 2.75) is 26.2 Å². The Labute approximate surface area is 169 Å². The Kier molecular flexibility index (Phi) is 5.30. The van der Waals surface area contributed by atoms with Crippen molar-refractivity contribution < 1.29 is 4.79 Å². The molecule has 6 nitrogen and oxygen atoms in total. The number of halogens is 1. The Morgan fingerprint density at radius 2 is 1.79 bits per heavy atom. The third-order valence-corrected chi connectivity index (χ3v) is 5.24. The lowest BCUT2D eigenvalue weighted by molar-refractivity contribution is 0.102. The second-order valence-corrected chi connectivity index (χ2v) is 7.40. The summed E-state index contributed by atoms with van der Waals surface area (Å²) in [4.78, 5) is 15.1. The van der Waals surface area contributed by atoms with Crippen molar-refractivity contribution in [2.24, 2.45) is 0 Å². The van der Waals surface area contributed by atoms with Crippen LogP contribution in [0.5, 0.6) is 0 Å². The number of aromatic nitrogens is 3. The van der Waals surface area contributed by atoms with Crippen LogP contribution >= 0.6 is 11.6 Å². The van der Waals surface area contributed by atoms with Crippen molar-refractivity contribution in [2.75, 3.05) is 23.3 Å². The lowest BCUT2D eigenvalue weighted by atomic mass is 10.1. The molecule has 1 fully saturated rings. The Balaban J connectivity index is 1.48. The number of nitrogens with one attached hydrogen (secondary N) is 1. The van der Waals surface area contributed by atoms with Gasteiger partial charge in [0.05, 0.1) is 11.4 Å². The Morgan fingerprint density at radius 1 is 1.04 bits per heavy atom. The third kappa shape index (κ3) is 3.87. The number of piperidine rings is 1. The number of nitrogens with zero attached hydrogens (tertiary/aromatic N) is 4. The normalized spacial score (nSPS) is 14.1. The average molecular weight is 396 g/mol. The van der Waals surface area contributed by atoms with Gasteiger partial charge in [-0.15, -0.1) is 5.10 Å². The molecule has 0 bridgehead atoms. The Hall–Kier alpha value is -2.86. The van der Waals surface area contributed by atoms with E-state index >= 15 is 0 Å². The minimum absolute atomic E-state index is 0.281. The van der Waals surface area contributed by atoms with Gasteiger partial charge in [0.1, 0.15) is 0 Å². The molecule has 1 aliphatic heterocycles. The maximum Gasteiger partial charge on any atom is 0.278 e. The number of amides is 1. The van der Waals surface area contributed by atoms with Gasteiger partial charge in [-0.05, 0) is 68.7 Å². The van der Waals surface area contributed by atoms with E-state index in [-0.39, 0.29) is 5.91 Å². The second-order valence-electron chi connectivity index (χ2n) is 6.96. The molecule has 2 aromatic carbocycles. The number of carbonyl (C=O) groups is 1. The molecule has 0 unspecified atom stereocenters. The average Bonchev–Trinajstić information content (AvgIpc) is 3.11. The molecule has 28 heavy (non-hydrogen) atoms. The number of benzene rings is 2. The van der Waals surface area contributed by atoms with Crippen molar-refractivity contribution in [3.8, 4) is 5.69 Å². The third-order valence-electron chi connectivity index (χ3n) is 5.01. The molecule has 1 aromatic heterocycles. The van der Waals surface area contributed by atoms with Gasteiger partial charge < -0.3 is 10.2 Å². The van der Waals surface area contributed by atoms with Gasteiger partial charge in [0, 0.05) is 29.5 Å². The number of hydrogen-bond donors (Lipinski definition) is 1. The maximum atomic E-state index is 12.7. The van der Waals surface area contributed by atoms with E-state index in [1.807, 2.05) is 31.2 Å². The quantitative estimate of drug-likeness (QED) is 0.707. The molecule has 0 atom stereocenters. The molecule has 2 heterocycles. The minimum atomic E-state index is -0.281. The lowest BCUT2D eigenvalue weighted by Gasteiger charge is -2.28. The fourth-order valence-corrected chi connectivity index (χ4v) is 3.67. The van der Waals surface area contributed by atoms with E-state index in [0.29, 0.717) is 16.4 Å². The molecule has 7 heteroatoms. The highest BCUT2D eigenvalue weighted by molar-refractivity contribution is 6.30. The van der Waals surface area contributed by atoms with Crippen molar-refractivity contribution >= 4 is 28.9 Å². The molecule has 4 rings (SSSR count). The monoisotopic (exact) mass is 395 g/mol. The van der Waals surface area contributed by atoms with Crippen LogP contribution in [0.2, 0.25) is 5.02 Å². The predicted molar refractivity (Wildman–Crippen MR) is 112 cm³/mol. The summed E-state index contributed by atoms with van der Waals surface area (Å²) < 4.78 is 1.61. The fourth-order valence-electron chi connectivity index (χ4n) is 3.49. The van der Waals surface area contributed by atoms with E-state index in [2.05, 4.69) is 32.7 Å². The topological polar surface area (TPSA) is 63.1 Å². The van der Waals surface area contributed by atoms with Crippen LogP contribution in [0.1, 0.15) is 35.4 Å². The van der Waals surface area contributed by atoms with Crippen LogP contribution in [0.25, 0.3) is 5.69 Å². The highest BCUT2D eigenvalue weighted by Gasteiger charge is 2.18. The molecule has 1 amide bonds. The smallest absolute Gasteiger partial charge is 0.278 e. The van der Waals surface area contributed by atoms with Crippen LogP contribution in [-0.2, 0) is 0 Å². The highest BCUT2D eigenvalue weighted by Crippen LogP contribution is 2.22. The molecule has 1 aliphatic rings. The first-order chi connectivity index (χ1) is 13.6. The number of rotatable bonds is 4. The van der Waals surface area contributed by atoms with Crippen molar-refractivity contribution in [3.63, 3.8) is 0 Å². The molecule has 1 saturated heterocycles. The fraction of sp³-hybridized carbons (Fsp3) is 0.286. The first kappa shape index (κ1) is 18.5. The molecule has 0 aliphatic carbocycles. The second kappa shape index (κ2) is 8.02. The van der Waals surface area contributed by atoms with E-state index in [4.69, 9.17) is 11.6 Å². The largest absolute Gasteiger partial charge is 0.372 e. The minimum Gasteiger partial charge on any atom is -0.372 e. The molecular formula is C21H22ClN5O. The number of carbonyl (C=O) groups excluding carboxylic acids is 1. The molecule has 1 N–H and O–H groups in total. The lowest BCUT2D eigenvalue weighted by Crippen LogP contribution is -2.29. The van der Waals surface area contributed by atoms with Crippen LogP contribution in [0.15, 0.2) is 48.5 Å². The van der Waals surface area contributed by atoms with Crippen LogP contribution < -0.4 is 10.2 Å². The summed E-state index contributed by atoms with van der Waals surface area (Å²) in [7, 11) is 0. The maximum absolute atomic E-state index is 12.7. The standard InChI is InChI=1S/C21H22ClN5O/c1-15-20(24-25-27(15)19-7-5-6-16(22)14-19)21(28)23-17-8-10-18(11-9-17)26-12-3-2-4-13-26/h5-11,14H,2-4,12-13H2,1H3,(H,23,28). The summed E-state index contributed by atoms with van der Waals surface area (Å²) in [6.45, 7) is 4.00. The van der Waals surface area contributed by atoms with E-state index in [0.717, 1.165) is 24.5 Å². The first-order valence-electron chi connectivity index (χ1n) is 9.46. The molecule has 0 spiro atoms. The summed E-state index contributed by atoms with van der Waals surface area (Å²) in [5.41, 5.74) is 3.65. The van der Waals surface area contributed by atoms with E-state index in [9.17, 15) is 4.79 Å². The van der Waals surface area contributed by atoms with Gasteiger partial charge in [0.2, 0.25) is 0 Å². The summed E-state index contributed by atoms with van der Waals surface area (Å²) in [5.74, 6) is -0.281. The molecule has 0 saturated carbocycles. The van der Waals surface area contributed by atoms with Gasteiger partial charge in [-0.2, -0.15) is 0 Å². The number of hydrogen-bond acceptors (Lipinski definition) is 4. The zero-order valence-corrected chi connectivity index (χ0v) is 16.5. The summed E-state index contributed by atoms with van der Waals surface area (Å²) >= 11 is 6.05. The SMILES string of the molecule is Cc1c(C(=O)Nc2ccc(N3CCCCC3)cc2)nnn1-c1cccc(Cl)c1. The number of anilines is 2. The van der Waals surface area contributed by atoms with Gasteiger partial charge in [-0.25, -0.2) is 4.68 Å². The van der Waals surface area contributed by atoms with Gasteiger partial charge in [-0.1, -0.05) is 22.9 Å². The Bertz CT molecular complexity index is 977. The van der Waals surface area contributed by atoms with Crippen molar-refractivity contribution in [3.05, 3.63) is 64.9 Å². The van der Waals surface area contributed by atoms with Crippen LogP contribution in [-0.4, -0.2) is 34.0 Å². The molecule has 144 valence electrons. The zero-order valence-electron chi connectivity index (χ0n) is 15.7. The first-order valence-corrected chi connectivity index (χ1v) is 9.84. The van der Waals surface area contributed by atoms with E-state index < -0.39 is 0 Å². The summed E-state index contributed by atoms with van der Waals surface area (Å²) in [6, 6.07) is 15.2. The van der Waals surface area contributed by atoms with Crippen molar-refractivity contribution in [1.29, 1.82) is 0 Å². The summed E-state index contributed by atoms with van der Waals surface area (Å²) in [5, 5.41) is 11.7. The van der Waals surface area contributed by atoms with Crippen LogP contribution in [0.4, 0.5) is 11.4 Å². The zero-order chi connectivity index (χ0) is 19.5. The van der Waals surface area contributed by atoms with Gasteiger partial charge in [0.15, 0.2) is 5.69 Å². The predicted octanol–water partition coefficient (Wildman–Crippen LogP) is 4.47. The molecule has 0 radical (unpaired) electrons. The Morgan fingerprint density at radius 3 is 2.50 bits per heavy atom. The van der Waals surface area contributed by atoms with E-state index in [1.165, 1.54) is 24.9 Å². The van der Waals surface area contributed by atoms with Gasteiger partial charge in [-0.3, -0.25) is 4.79 Å². The van der Waals surface area contributed by atoms with Crippen molar-refractivity contribution in [1.82, 2.24) is 15.0 Å². The van der Waals surface area contributed by atoms with E-state index in [1.54, 1.807) is 16.8 Å². The summed E-state index contributed by atoms with van der Waals surface area (Å²) in [6.07, 6.45) is 3.78. The van der Waals surface area contributed by atoms with Gasteiger partial charge in [0.25, 0.3) is 5.91 Å². The van der Waals surface area contributed by atoms with Crippen LogP contribution in [0, 0.1) is 6.92 Å². The molecular weight excluding hydrogens is 374 g/mol. The highest BCUT2D eigenvalue weighted by atomic mass is 35.5. The van der Waals surface area contributed by atoms with Gasteiger partial charge >= 0.3 is 0 Å². The van der Waals surface area contributed by atoms with Crippen LogP contribution in [0.3, 0.4) is 0 Å². The molecule has 3 aromatic rings.